The van der Waals surface area contributed by atoms with Gasteiger partial charge in [-0.3, -0.25) is 0 Å². The predicted molar refractivity (Wildman–Crippen MR) is 80.7 cm³/mol. The van der Waals surface area contributed by atoms with Crippen LogP contribution in [-0.2, 0) is 6.54 Å². The van der Waals surface area contributed by atoms with Crippen LogP contribution in [0.1, 0.15) is 25.8 Å². The third-order valence-corrected chi connectivity index (χ3v) is 4.11. The lowest BCUT2D eigenvalue weighted by molar-refractivity contribution is 0.305. The first-order chi connectivity index (χ1) is 7.97. The Morgan fingerprint density at radius 2 is 2.12 bits per heavy atom. The number of hydrogen-bond acceptors (Lipinski definition) is 3. The Morgan fingerprint density at radius 1 is 1.41 bits per heavy atom. The number of hydrogen-bond donors (Lipinski definition) is 1. The van der Waals surface area contributed by atoms with E-state index >= 15 is 0 Å². The molecule has 1 unspecified atom stereocenters. The number of rotatable bonds is 7. The van der Waals surface area contributed by atoms with Crippen LogP contribution >= 0.6 is 27.3 Å². The van der Waals surface area contributed by atoms with Crippen molar-refractivity contribution in [2.24, 2.45) is 5.92 Å². The van der Waals surface area contributed by atoms with E-state index in [1.165, 1.54) is 15.8 Å². The van der Waals surface area contributed by atoms with Gasteiger partial charge in [0.2, 0.25) is 0 Å². The predicted octanol–water partition coefficient (Wildman–Crippen LogP) is 3.58. The van der Waals surface area contributed by atoms with E-state index < -0.39 is 0 Å². The molecule has 0 spiro atoms. The molecule has 0 aliphatic rings. The number of thiophene rings is 1. The fraction of sp³-hybridized carbons (Fsp3) is 0.692. The van der Waals surface area contributed by atoms with Gasteiger partial charge in [-0.2, -0.15) is 0 Å². The van der Waals surface area contributed by atoms with E-state index in [4.69, 9.17) is 0 Å². The van der Waals surface area contributed by atoms with E-state index in [2.05, 4.69) is 65.5 Å². The van der Waals surface area contributed by atoms with Crippen LogP contribution in [0.4, 0.5) is 0 Å². The Balaban J connectivity index is 2.42. The van der Waals surface area contributed by atoms with Gasteiger partial charge in [0.05, 0.1) is 3.79 Å². The van der Waals surface area contributed by atoms with E-state index in [9.17, 15) is 0 Å². The van der Waals surface area contributed by atoms with Gasteiger partial charge in [0.1, 0.15) is 0 Å². The Morgan fingerprint density at radius 3 is 2.59 bits per heavy atom. The first kappa shape index (κ1) is 15.2. The van der Waals surface area contributed by atoms with Crippen LogP contribution in [0.5, 0.6) is 0 Å². The Hall–Kier alpha value is 0.100. The van der Waals surface area contributed by atoms with Gasteiger partial charge in [-0.1, -0.05) is 13.8 Å². The molecule has 1 aromatic heterocycles. The molecule has 1 heterocycles. The smallest absolute Gasteiger partial charge is 0.0701 e. The van der Waals surface area contributed by atoms with E-state index in [1.807, 2.05) is 0 Å². The summed E-state index contributed by atoms with van der Waals surface area (Å²) in [5, 5.41) is 5.86. The molecule has 98 valence electrons. The summed E-state index contributed by atoms with van der Waals surface area (Å²) in [5.74, 6) is 0.738. The van der Waals surface area contributed by atoms with Crippen molar-refractivity contribution in [1.82, 2.24) is 10.2 Å². The summed E-state index contributed by atoms with van der Waals surface area (Å²) in [7, 11) is 4.27. The van der Waals surface area contributed by atoms with Gasteiger partial charge < -0.3 is 10.2 Å². The molecular formula is C13H23BrN2S. The minimum Gasteiger partial charge on any atom is -0.309 e. The molecule has 2 nitrogen and oxygen atoms in total. The summed E-state index contributed by atoms with van der Waals surface area (Å²) in [6.45, 7) is 6.63. The average Bonchev–Trinajstić information content (AvgIpc) is 2.59. The quantitative estimate of drug-likeness (QED) is 0.826. The molecule has 0 amide bonds. The molecule has 0 saturated carbocycles. The van der Waals surface area contributed by atoms with Crippen molar-refractivity contribution in [2.45, 2.75) is 32.9 Å². The minimum atomic E-state index is 0.573. The maximum absolute atomic E-state index is 3.66. The van der Waals surface area contributed by atoms with Crippen molar-refractivity contribution >= 4 is 27.3 Å². The second-order valence-corrected chi connectivity index (χ2v) is 7.52. The van der Waals surface area contributed by atoms with E-state index in [0.717, 1.165) is 19.0 Å². The monoisotopic (exact) mass is 318 g/mol. The van der Waals surface area contributed by atoms with Gasteiger partial charge in [0, 0.05) is 19.1 Å². The molecule has 4 heteroatoms. The maximum Gasteiger partial charge on any atom is 0.0701 e. The number of nitrogens with one attached hydrogen (secondary N) is 1. The highest BCUT2D eigenvalue weighted by Crippen LogP contribution is 2.20. The fourth-order valence-corrected chi connectivity index (χ4v) is 3.14. The molecule has 1 atom stereocenters. The number of nitrogens with zero attached hydrogens (tertiary/aromatic N) is 1. The summed E-state index contributed by atoms with van der Waals surface area (Å²) in [6.07, 6.45) is 1.23. The standard InChI is InChI=1S/C13H23BrN2S/c1-10(2)5-12(8-16(3)4)15-7-11-6-13(14)17-9-11/h6,9-10,12,15H,5,7-8H2,1-4H3. The van der Waals surface area contributed by atoms with Crippen LogP contribution in [-0.4, -0.2) is 31.6 Å². The molecule has 0 radical (unpaired) electrons. The third-order valence-electron chi connectivity index (χ3n) is 2.56. The van der Waals surface area contributed by atoms with E-state index in [-0.39, 0.29) is 0 Å². The van der Waals surface area contributed by atoms with Gasteiger partial charge in [0.25, 0.3) is 0 Å². The second-order valence-electron chi connectivity index (χ2n) is 5.23. The van der Waals surface area contributed by atoms with Crippen LogP contribution in [0.2, 0.25) is 0 Å². The van der Waals surface area contributed by atoms with Gasteiger partial charge in [0.15, 0.2) is 0 Å². The lowest BCUT2D eigenvalue weighted by atomic mass is 10.0. The largest absolute Gasteiger partial charge is 0.309 e. The highest BCUT2D eigenvalue weighted by atomic mass is 79.9. The van der Waals surface area contributed by atoms with Gasteiger partial charge in [-0.25, -0.2) is 0 Å². The first-order valence-corrected chi connectivity index (χ1v) is 7.75. The van der Waals surface area contributed by atoms with Crippen LogP contribution in [0, 0.1) is 5.92 Å². The van der Waals surface area contributed by atoms with Gasteiger partial charge in [-0.15, -0.1) is 11.3 Å². The lowest BCUT2D eigenvalue weighted by Crippen LogP contribution is -2.38. The molecule has 1 rings (SSSR count). The molecule has 17 heavy (non-hydrogen) atoms. The molecule has 0 fully saturated rings. The number of likely N-dealkylation sites (N-methyl/N-ethyl adjacent to an activating group) is 1. The SMILES string of the molecule is CC(C)CC(CN(C)C)NCc1csc(Br)c1. The van der Waals surface area contributed by atoms with E-state index in [0.29, 0.717) is 6.04 Å². The van der Waals surface area contributed by atoms with Crippen molar-refractivity contribution in [3.8, 4) is 0 Å². The summed E-state index contributed by atoms with van der Waals surface area (Å²) in [5.41, 5.74) is 1.37. The zero-order valence-corrected chi connectivity index (χ0v) is 13.6. The van der Waals surface area contributed by atoms with Crippen LogP contribution in [0.15, 0.2) is 15.2 Å². The second kappa shape index (κ2) is 7.52. The Kier molecular flexibility index (Phi) is 6.70. The molecule has 0 aliphatic carbocycles. The maximum atomic E-state index is 3.66. The molecule has 0 bridgehead atoms. The molecule has 0 aromatic carbocycles. The van der Waals surface area contributed by atoms with Crippen molar-refractivity contribution in [2.75, 3.05) is 20.6 Å². The van der Waals surface area contributed by atoms with Crippen molar-refractivity contribution < 1.29 is 0 Å². The Labute approximate surface area is 118 Å². The summed E-state index contributed by atoms with van der Waals surface area (Å²) < 4.78 is 1.21. The number of halogens is 1. The van der Waals surface area contributed by atoms with Crippen molar-refractivity contribution in [1.29, 1.82) is 0 Å². The van der Waals surface area contributed by atoms with Gasteiger partial charge in [-0.05, 0) is 59.4 Å². The summed E-state index contributed by atoms with van der Waals surface area (Å²) in [4.78, 5) is 2.25. The third kappa shape index (κ3) is 6.55. The highest BCUT2D eigenvalue weighted by molar-refractivity contribution is 9.11. The highest BCUT2D eigenvalue weighted by Gasteiger charge is 2.11. The summed E-state index contributed by atoms with van der Waals surface area (Å²) >= 11 is 5.25. The minimum absolute atomic E-state index is 0.573. The Bertz CT molecular complexity index is 313. The van der Waals surface area contributed by atoms with Crippen LogP contribution < -0.4 is 5.32 Å². The zero-order valence-electron chi connectivity index (χ0n) is 11.2. The lowest BCUT2D eigenvalue weighted by Gasteiger charge is -2.23. The molecular weight excluding hydrogens is 296 g/mol. The first-order valence-electron chi connectivity index (χ1n) is 6.08. The van der Waals surface area contributed by atoms with Crippen LogP contribution in [0.25, 0.3) is 0 Å². The van der Waals surface area contributed by atoms with Crippen molar-refractivity contribution in [3.05, 3.63) is 20.8 Å². The van der Waals surface area contributed by atoms with E-state index in [1.54, 1.807) is 11.3 Å². The molecule has 1 N–H and O–H groups in total. The van der Waals surface area contributed by atoms with Crippen LogP contribution in [0.3, 0.4) is 0 Å². The fourth-order valence-electron chi connectivity index (χ4n) is 1.93. The normalized spacial score (nSPS) is 13.6. The topological polar surface area (TPSA) is 15.3 Å². The molecule has 0 saturated heterocycles. The average molecular weight is 319 g/mol. The molecule has 1 aromatic rings. The summed E-state index contributed by atoms with van der Waals surface area (Å²) in [6, 6.07) is 2.77. The van der Waals surface area contributed by atoms with Gasteiger partial charge >= 0.3 is 0 Å². The van der Waals surface area contributed by atoms with Crippen molar-refractivity contribution in [3.63, 3.8) is 0 Å². The zero-order chi connectivity index (χ0) is 12.8. The molecule has 0 aliphatic heterocycles.